The van der Waals surface area contributed by atoms with Crippen LogP contribution in [-0.2, 0) is 43.4 Å². The maximum absolute atomic E-state index is 12.8. The highest BCUT2D eigenvalue weighted by molar-refractivity contribution is 6.09. The van der Waals surface area contributed by atoms with Crippen LogP contribution in [0.3, 0.4) is 0 Å². The molecular formula is C28H32N8O8. The van der Waals surface area contributed by atoms with Crippen LogP contribution in [0, 0.1) is 0 Å². The Morgan fingerprint density at radius 2 is 1.48 bits per heavy atom. The number of aromatic hydroxyl groups is 1. The van der Waals surface area contributed by atoms with E-state index in [1.165, 1.54) is 49.5 Å². The molecule has 16 heteroatoms. The van der Waals surface area contributed by atoms with Crippen molar-refractivity contribution in [3.05, 3.63) is 71.9 Å². The molecule has 16 nitrogen and oxygen atoms in total. The molecule has 0 aromatic carbocycles. The van der Waals surface area contributed by atoms with Gasteiger partial charge >= 0.3 is 11.9 Å². The van der Waals surface area contributed by atoms with Crippen LogP contribution in [0.25, 0.3) is 6.08 Å². The van der Waals surface area contributed by atoms with Crippen molar-refractivity contribution in [2.75, 3.05) is 6.54 Å². The third-order valence-electron chi connectivity index (χ3n) is 6.93. The minimum atomic E-state index is -1.21. The van der Waals surface area contributed by atoms with Crippen molar-refractivity contribution < 1.29 is 39.3 Å². The molecule has 4 heterocycles. The first-order valence-corrected chi connectivity index (χ1v) is 13.6. The Morgan fingerprint density at radius 3 is 1.98 bits per heavy atom. The normalized spacial score (nSPS) is 15.2. The largest absolute Gasteiger partial charge is 0.506 e. The number of rotatable bonds is 15. The fraction of sp³-hybridized carbons (Fsp3) is 0.321. The molecule has 1 aliphatic heterocycles. The Labute approximate surface area is 250 Å². The van der Waals surface area contributed by atoms with Gasteiger partial charge in [0.15, 0.2) is 0 Å². The highest BCUT2D eigenvalue weighted by Crippen LogP contribution is 2.28. The molecule has 0 bridgehead atoms. The number of ketones is 1. The van der Waals surface area contributed by atoms with E-state index in [9.17, 15) is 39.3 Å². The van der Waals surface area contributed by atoms with Gasteiger partial charge < -0.3 is 45.4 Å². The Hall–Kier alpha value is -5.67. The first-order chi connectivity index (χ1) is 21.0. The maximum Gasteiger partial charge on any atom is 0.326 e. The maximum atomic E-state index is 12.8. The van der Waals surface area contributed by atoms with Crippen LogP contribution >= 0.6 is 0 Å². The molecule has 0 saturated carbocycles. The summed E-state index contributed by atoms with van der Waals surface area (Å²) in [6.45, 7) is 1.80. The number of carboxylic acid groups (broad SMARTS) is 2. The third kappa shape index (κ3) is 7.99. The number of aliphatic carboxylic acids is 2. The lowest BCUT2D eigenvalue weighted by atomic mass is 10.1. The highest BCUT2D eigenvalue weighted by Gasteiger charge is 2.28. The van der Waals surface area contributed by atoms with Crippen molar-refractivity contribution in [1.29, 1.82) is 0 Å². The van der Waals surface area contributed by atoms with E-state index in [1.807, 2.05) is 0 Å². The average molecular weight is 609 g/mol. The van der Waals surface area contributed by atoms with E-state index in [4.69, 9.17) is 0 Å². The summed E-state index contributed by atoms with van der Waals surface area (Å²) in [5.74, 6) is -3.99. The van der Waals surface area contributed by atoms with E-state index in [2.05, 4.69) is 30.6 Å². The Balaban J connectivity index is 1.39. The Kier molecular flexibility index (Phi) is 9.95. The second-order valence-electron chi connectivity index (χ2n) is 10.1. The molecule has 0 radical (unpaired) electrons. The van der Waals surface area contributed by atoms with E-state index in [0.29, 0.717) is 17.1 Å². The number of H-pyrrole nitrogens is 2. The molecule has 0 unspecified atom stereocenters. The van der Waals surface area contributed by atoms with E-state index < -0.39 is 35.8 Å². The lowest BCUT2D eigenvalue weighted by Crippen LogP contribution is -2.43. The van der Waals surface area contributed by atoms with Crippen LogP contribution in [0.15, 0.2) is 54.8 Å². The molecule has 7 N–H and O–H groups in total. The quantitative estimate of drug-likeness (QED) is 0.115. The third-order valence-corrected chi connectivity index (χ3v) is 6.93. The van der Waals surface area contributed by atoms with Gasteiger partial charge in [0.1, 0.15) is 17.8 Å². The fourth-order valence-corrected chi connectivity index (χ4v) is 4.67. The summed E-state index contributed by atoms with van der Waals surface area (Å²) in [5.41, 5.74) is 2.05. The van der Waals surface area contributed by atoms with Crippen LogP contribution in [0.4, 0.5) is 0 Å². The molecule has 1 aliphatic rings. The van der Waals surface area contributed by atoms with Gasteiger partial charge in [-0.25, -0.2) is 19.6 Å². The number of nitrogens with one attached hydrogen (secondary N) is 4. The average Bonchev–Trinajstić information content (AvgIpc) is 3.77. The number of carboxylic acids is 2. The monoisotopic (exact) mass is 608 g/mol. The summed E-state index contributed by atoms with van der Waals surface area (Å²) in [5, 5.41) is 34.5. The molecule has 0 fully saturated rings. The molecule has 44 heavy (non-hydrogen) atoms. The van der Waals surface area contributed by atoms with Crippen molar-refractivity contribution in [2.45, 2.75) is 51.2 Å². The predicted octanol–water partition coefficient (Wildman–Crippen LogP) is 0.174. The van der Waals surface area contributed by atoms with Gasteiger partial charge in [-0.05, 0) is 19.1 Å². The zero-order chi connectivity index (χ0) is 31.8. The summed E-state index contributed by atoms with van der Waals surface area (Å²) in [6, 6.07) is -0.954. The van der Waals surface area contributed by atoms with Gasteiger partial charge in [-0.1, -0.05) is 0 Å². The number of aromatic nitrogens is 5. The van der Waals surface area contributed by atoms with E-state index in [1.54, 1.807) is 16.4 Å². The van der Waals surface area contributed by atoms with Crippen LogP contribution in [-0.4, -0.2) is 92.9 Å². The molecule has 0 spiro atoms. The molecule has 0 aliphatic carbocycles. The Morgan fingerprint density at radius 1 is 0.932 bits per heavy atom. The van der Waals surface area contributed by atoms with Gasteiger partial charge in [0.05, 0.1) is 24.0 Å². The standard InChI is InChI=1S/C28H32N8O8/c1-16-8-24(38)22(36(16)7-4-26(40)34-20(28(43)44)10-18-13-30-15-32-18)11-21-23(37)2-5-35(21)6-3-25(39)33-19(27(41)42)9-17-12-29-14-31-17/h2,5,8,11-15,19-20,37H,3-4,6-7,9-10H2,1H3,(H,29,31)(H,30,32)(H,33,39)(H,34,40)(H,41,42)(H,43,44)/b22-11+/t19-,20-/m0/s1. The number of aromatic amines is 2. The molecule has 0 saturated heterocycles. The number of hydrogen-bond donors (Lipinski definition) is 7. The molecule has 2 atom stereocenters. The number of imidazole rings is 2. The smallest absolute Gasteiger partial charge is 0.326 e. The van der Waals surface area contributed by atoms with E-state index in [-0.39, 0.29) is 61.7 Å². The molecule has 2 amide bonds. The van der Waals surface area contributed by atoms with Crippen molar-refractivity contribution in [2.24, 2.45) is 0 Å². The van der Waals surface area contributed by atoms with Crippen LogP contribution < -0.4 is 10.6 Å². The second kappa shape index (κ2) is 14.0. The number of nitrogens with zero attached hydrogens (tertiary/aromatic N) is 4. The number of aryl methyl sites for hydroxylation is 1. The minimum absolute atomic E-state index is 0.0167. The van der Waals surface area contributed by atoms with Crippen LogP contribution in [0.1, 0.15) is 36.8 Å². The molecule has 3 aromatic heterocycles. The van der Waals surface area contributed by atoms with Crippen molar-refractivity contribution >= 4 is 35.6 Å². The highest BCUT2D eigenvalue weighted by atomic mass is 16.4. The lowest BCUT2D eigenvalue weighted by molar-refractivity contribution is -0.142. The van der Waals surface area contributed by atoms with Gasteiger partial charge in [-0.2, -0.15) is 0 Å². The SMILES string of the molecule is CC1=CC(=O)/C(=C\c2c(O)ccn2CCC(=O)N[C@@H](Cc2cnc[nH]2)C(=O)O)N1CCC(=O)N[C@@H](Cc1cnc[nH]1)C(=O)O. The van der Waals surface area contributed by atoms with Crippen molar-refractivity contribution in [3.8, 4) is 5.75 Å². The van der Waals surface area contributed by atoms with Crippen LogP contribution in [0.2, 0.25) is 0 Å². The zero-order valence-electron chi connectivity index (χ0n) is 23.7. The summed E-state index contributed by atoms with van der Waals surface area (Å²) < 4.78 is 1.55. The minimum Gasteiger partial charge on any atom is -0.506 e. The number of allylic oxidation sites excluding steroid dienone is 2. The predicted molar refractivity (Wildman–Crippen MR) is 152 cm³/mol. The summed E-state index contributed by atoms with van der Waals surface area (Å²) in [7, 11) is 0. The van der Waals surface area contributed by atoms with Gasteiger partial charge in [-0.3, -0.25) is 14.4 Å². The second-order valence-corrected chi connectivity index (χ2v) is 10.1. The summed E-state index contributed by atoms with van der Waals surface area (Å²) in [6.07, 6.45) is 9.90. The Bertz CT molecular complexity index is 1570. The molecular weight excluding hydrogens is 576 g/mol. The number of carbonyl (C=O) groups excluding carboxylic acids is 3. The van der Waals surface area contributed by atoms with E-state index in [0.717, 1.165) is 0 Å². The molecule has 4 rings (SSSR count). The zero-order valence-corrected chi connectivity index (χ0v) is 23.7. The van der Waals surface area contributed by atoms with Crippen molar-refractivity contribution in [3.63, 3.8) is 0 Å². The van der Waals surface area contributed by atoms with Crippen LogP contribution in [0.5, 0.6) is 5.75 Å². The number of amides is 2. The molecule has 3 aromatic rings. The van der Waals surface area contributed by atoms with Gasteiger partial charge in [-0.15, -0.1) is 0 Å². The lowest BCUT2D eigenvalue weighted by Gasteiger charge is -2.22. The summed E-state index contributed by atoms with van der Waals surface area (Å²) in [4.78, 5) is 76.2. The van der Waals surface area contributed by atoms with Gasteiger partial charge in [0.25, 0.3) is 0 Å². The topological polar surface area (TPSA) is 236 Å². The first kappa shape index (κ1) is 31.3. The fourth-order valence-electron chi connectivity index (χ4n) is 4.67. The van der Waals surface area contributed by atoms with Gasteiger partial charge in [0, 0.05) is 80.5 Å². The summed E-state index contributed by atoms with van der Waals surface area (Å²) >= 11 is 0. The van der Waals surface area contributed by atoms with Gasteiger partial charge in [0.2, 0.25) is 17.6 Å². The van der Waals surface area contributed by atoms with E-state index >= 15 is 0 Å². The number of hydrogen-bond acceptors (Lipinski definition) is 9. The first-order valence-electron chi connectivity index (χ1n) is 13.6. The molecule has 232 valence electrons. The number of carbonyl (C=O) groups is 5. The van der Waals surface area contributed by atoms with Crippen molar-refractivity contribution in [1.82, 2.24) is 40.0 Å².